The van der Waals surface area contributed by atoms with Gasteiger partial charge in [0, 0.05) is 28.5 Å². The molecule has 138 valence electrons. The van der Waals surface area contributed by atoms with Crippen LogP contribution < -0.4 is 11.1 Å². The van der Waals surface area contributed by atoms with Crippen molar-refractivity contribution < 1.29 is 4.52 Å². The van der Waals surface area contributed by atoms with Crippen LogP contribution in [0.15, 0.2) is 34.9 Å². The Morgan fingerprint density at radius 1 is 1.30 bits per heavy atom. The van der Waals surface area contributed by atoms with Crippen LogP contribution in [0, 0.1) is 18.3 Å². The number of rotatable bonds is 5. The molecule has 0 atom stereocenters. The topological polar surface area (TPSA) is 87.9 Å². The Kier molecular flexibility index (Phi) is 4.87. The molecule has 1 aliphatic carbocycles. The fraction of sp³-hybridized carbons (Fsp3) is 0.333. The normalized spacial score (nSPS) is 14.4. The first-order valence-corrected chi connectivity index (χ1v) is 10.1. The lowest BCUT2D eigenvalue weighted by atomic mass is 10.0. The first-order valence-electron chi connectivity index (χ1n) is 9.25. The molecule has 1 saturated carbocycles. The number of thiophene rings is 1. The lowest BCUT2D eigenvalue weighted by Crippen LogP contribution is -2.14. The van der Waals surface area contributed by atoms with Gasteiger partial charge in [-0.1, -0.05) is 48.3 Å². The SMILES string of the molecule is Cc1onc(-c2ccccc2)c1Cc1sc(NC2CCCC2)c(C#N)c1N. The zero-order chi connectivity index (χ0) is 18.8. The van der Waals surface area contributed by atoms with Crippen molar-refractivity contribution in [2.24, 2.45) is 0 Å². The van der Waals surface area contributed by atoms with Gasteiger partial charge in [0.05, 0.1) is 5.69 Å². The third-order valence-electron chi connectivity index (χ3n) is 5.19. The number of nitriles is 1. The fourth-order valence-corrected chi connectivity index (χ4v) is 4.83. The van der Waals surface area contributed by atoms with Crippen molar-refractivity contribution in [2.45, 2.75) is 45.1 Å². The van der Waals surface area contributed by atoms with E-state index >= 15 is 0 Å². The fourth-order valence-electron chi connectivity index (χ4n) is 3.67. The van der Waals surface area contributed by atoms with Crippen molar-refractivity contribution in [1.29, 1.82) is 5.26 Å². The Bertz CT molecular complexity index is 978. The van der Waals surface area contributed by atoms with Gasteiger partial charge in [-0.15, -0.1) is 11.3 Å². The van der Waals surface area contributed by atoms with Crippen molar-refractivity contribution in [3.8, 4) is 17.3 Å². The molecule has 0 aliphatic heterocycles. The summed E-state index contributed by atoms with van der Waals surface area (Å²) in [6.07, 6.45) is 5.40. The van der Waals surface area contributed by atoms with Gasteiger partial charge in [0.2, 0.25) is 0 Å². The van der Waals surface area contributed by atoms with E-state index in [-0.39, 0.29) is 0 Å². The molecule has 2 heterocycles. The van der Waals surface area contributed by atoms with Crippen LogP contribution in [0.4, 0.5) is 10.7 Å². The predicted molar refractivity (Wildman–Crippen MR) is 109 cm³/mol. The van der Waals surface area contributed by atoms with Crippen LogP contribution in [-0.4, -0.2) is 11.2 Å². The minimum absolute atomic E-state index is 0.445. The molecule has 1 aromatic carbocycles. The zero-order valence-corrected chi connectivity index (χ0v) is 16.1. The van der Waals surface area contributed by atoms with Crippen molar-refractivity contribution >= 4 is 22.0 Å². The molecule has 27 heavy (non-hydrogen) atoms. The summed E-state index contributed by atoms with van der Waals surface area (Å²) in [5.74, 6) is 0.783. The monoisotopic (exact) mass is 378 g/mol. The molecule has 0 saturated heterocycles. The highest BCUT2D eigenvalue weighted by molar-refractivity contribution is 7.17. The Morgan fingerprint density at radius 2 is 2.04 bits per heavy atom. The van der Waals surface area contributed by atoms with E-state index in [2.05, 4.69) is 16.5 Å². The summed E-state index contributed by atoms with van der Waals surface area (Å²) in [5.41, 5.74) is 10.4. The summed E-state index contributed by atoms with van der Waals surface area (Å²) in [6, 6.07) is 12.7. The molecule has 4 rings (SSSR count). The number of benzene rings is 1. The molecule has 3 N–H and O–H groups in total. The number of aromatic nitrogens is 1. The van der Waals surface area contributed by atoms with E-state index in [0.717, 1.165) is 45.3 Å². The molecule has 0 amide bonds. The second-order valence-electron chi connectivity index (χ2n) is 6.99. The van der Waals surface area contributed by atoms with Gasteiger partial charge in [-0.05, 0) is 19.8 Å². The molecule has 0 bridgehead atoms. The first-order chi connectivity index (χ1) is 13.2. The molecule has 6 heteroatoms. The lowest BCUT2D eigenvalue weighted by Gasteiger charge is -2.11. The number of anilines is 2. The van der Waals surface area contributed by atoms with E-state index in [4.69, 9.17) is 10.3 Å². The number of aryl methyl sites for hydroxylation is 1. The van der Waals surface area contributed by atoms with Crippen molar-refractivity contribution in [2.75, 3.05) is 11.1 Å². The first kappa shape index (κ1) is 17.6. The molecular formula is C21H22N4OS. The van der Waals surface area contributed by atoms with Gasteiger partial charge in [0.25, 0.3) is 0 Å². The number of nitrogen functional groups attached to an aromatic ring is 1. The summed E-state index contributed by atoms with van der Waals surface area (Å²) < 4.78 is 5.47. The van der Waals surface area contributed by atoms with Gasteiger partial charge >= 0.3 is 0 Å². The minimum Gasteiger partial charge on any atom is -0.397 e. The van der Waals surface area contributed by atoms with Crippen molar-refractivity contribution in [3.63, 3.8) is 0 Å². The molecule has 1 fully saturated rings. The van der Waals surface area contributed by atoms with E-state index in [0.29, 0.717) is 23.7 Å². The van der Waals surface area contributed by atoms with Gasteiger partial charge in [-0.2, -0.15) is 5.26 Å². The minimum atomic E-state index is 0.445. The molecule has 0 spiro atoms. The third-order valence-corrected chi connectivity index (χ3v) is 6.33. The van der Waals surface area contributed by atoms with E-state index < -0.39 is 0 Å². The van der Waals surface area contributed by atoms with E-state index in [1.807, 2.05) is 37.3 Å². The maximum Gasteiger partial charge on any atom is 0.137 e. The number of nitrogens with zero attached hydrogens (tertiary/aromatic N) is 2. The largest absolute Gasteiger partial charge is 0.397 e. The maximum absolute atomic E-state index is 9.61. The summed E-state index contributed by atoms with van der Waals surface area (Å²) in [6.45, 7) is 1.92. The van der Waals surface area contributed by atoms with E-state index in [9.17, 15) is 5.26 Å². The Hall–Kier alpha value is -2.78. The van der Waals surface area contributed by atoms with Crippen LogP contribution in [-0.2, 0) is 6.42 Å². The van der Waals surface area contributed by atoms with Crippen LogP contribution in [0.2, 0.25) is 0 Å². The summed E-state index contributed by atoms with van der Waals surface area (Å²) in [4.78, 5) is 0.982. The standard InChI is InChI=1S/C21H22N4OS/c1-13-16(20(25-26-13)14-7-3-2-4-8-14)11-18-19(23)17(12-22)21(27-18)24-15-9-5-6-10-15/h2-4,7-8,15,24H,5-6,9-11,23H2,1H3. The molecule has 1 aliphatic rings. The Balaban J connectivity index is 1.67. The van der Waals surface area contributed by atoms with Gasteiger partial charge in [0.1, 0.15) is 28.1 Å². The van der Waals surface area contributed by atoms with Crippen LogP contribution in [0.1, 0.15) is 47.4 Å². The highest BCUT2D eigenvalue weighted by Gasteiger charge is 2.23. The molecule has 0 unspecified atom stereocenters. The van der Waals surface area contributed by atoms with Gasteiger partial charge < -0.3 is 15.6 Å². The number of nitrogens with one attached hydrogen (secondary N) is 1. The smallest absolute Gasteiger partial charge is 0.137 e. The molecule has 0 radical (unpaired) electrons. The van der Waals surface area contributed by atoms with Crippen LogP contribution in [0.25, 0.3) is 11.3 Å². The van der Waals surface area contributed by atoms with Crippen LogP contribution >= 0.6 is 11.3 Å². The molecule has 3 aromatic rings. The van der Waals surface area contributed by atoms with Gasteiger partial charge in [-0.25, -0.2) is 0 Å². The molecule has 5 nitrogen and oxygen atoms in total. The molecule has 2 aromatic heterocycles. The predicted octanol–water partition coefficient (Wildman–Crippen LogP) is 5.11. The van der Waals surface area contributed by atoms with Crippen molar-refractivity contribution in [3.05, 3.63) is 52.1 Å². The van der Waals surface area contributed by atoms with Gasteiger partial charge in [-0.3, -0.25) is 0 Å². The lowest BCUT2D eigenvalue weighted by molar-refractivity contribution is 0.398. The second-order valence-corrected chi connectivity index (χ2v) is 8.09. The second kappa shape index (κ2) is 7.45. The summed E-state index contributed by atoms with van der Waals surface area (Å²) in [5, 5.41) is 18.3. The highest BCUT2D eigenvalue weighted by atomic mass is 32.1. The Labute approximate surface area is 162 Å². The Morgan fingerprint density at radius 3 is 2.74 bits per heavy atom. The third kappa shape index (κ3) is 3.43. The van der Waals surface area contributed by atoms with Gasteiger partial charge in [0.15, 0.2) is 0 Å². The zero-order valence-electron chi connectivity index (χ0n) is 15.3. The van der Waals surface area contributed by atoms with Crippen LogP contribution in [0.3, 0.4) is 0 Å². The number of hydrogen-bond donors (Lipinski definition) is 2. The quantitative estimate of drug-likeness (QED) is 0.644. The van der Waals surface area contributed by atoms with Crippen LogP contribution in [0.5, 0.6) is 0 Å². The summed E-state index contributed by atoms with van der Waals surface area (Å²) >= 11 is 1.58. The highest BCUT2D eigenvalue weighted by Crippen LogP contribution is 2.39. The number of nitrogens with two attached hydrogens (primary N) is 1. The van der Waals surface area contributed by atoms with E-state index in [1.54, 1.807) is 11.3 Å². The molecular weight excluding hydrogens is 356 g/mol. The maximum atomic E-state index is 9.61. The average Bonchev–Trinajstić information content (AvgIpc) is 3.38. The average molecular weight is 379 g/mol. The summed E-state index contributed by atoms with van der Waals surface area (Å²) in [7, 11) is 0. The van der Waals surface area contributed by atoms with Crippen molar-refractivity contribution in [1.82, 2.24) is 5.16 Å². The van der Waals surface area contributed by atoms with E-state index in [1.165, 1.54) is 12.8 Å². The number of hydrogen-bond acceptors (Lipinski definition) is 6.